The van der Waals surface area contributed by atoms with Crippen molar-refractivity contribution in [3.8, 4) is 0 Å². The van der Waals surface area contributed by atoms with Gasteiger partial charge >= 0.3 is 0 Å². The predicted octanol–water partition coefficient (Wildman–Crippen LogP) is 3.63. The molecule has 3 rings (SSSR count). The number of anilines is 1. The van der Waals surface area contributed by atoms with E-state index in [1.54, 1.807) is 11.3 Å². The van der Waals surface area contributed by atoms with Crippen LogP contribution in [0, 0.1) is 0 Å². The molecule has 1 atom stereocenters. The summed E-state index contributed by atoms with van der Waals surface area (Å²) >= 11 is 5.37. The van der Waals surface area contributed by atoms with Crippen molar-refractivity contribution >= 4 is 33.1 Å². The Morgan fingerprint density at radius 2 is 2.39 bits per heavy atom. The normalized spacial score (nSPS) is 18.8. The van der Waals surface area contributed by atoms with Crippen LogP contribution >= 0.6 is 27.3 Å². The van der Waals surface area contributed by atoms with E-state index in [1.807, 2.05) is 11.6 Å². The fourth-order valence-electron chi connectivity index (χ4n) is 2.26. The molecule has 0 amide bonds. The van der Waals surface area contributed by atoms with E-state index in [1.165, 1.54) is 0 Å². The van der Waals surface area contributed by atoms with Gasteiger partial charge < -0.3 is 5.32 Å². The fourth-order valence-corrected chi connectivity index (χ4v) is 3.88. The minimum Gasteiger partial charge on any atom is -0.369 e. The number of nitrogens with one attached hydrogen (secondary N) is 1. The average molecular weight is 327 g/mol. The molecular formula is C12H15BrN4S. The molecule has 2 aromatic rings. The van der Waals surface area contributed by atoms with E-state index in [2.05, 4.69) is 44.8 Å². The number of hydrogen-bond acceptors (Lipinski definition) is 4. The summed E-state index contributed by atoms with van der Waals surface area (Å²) in [5.74, 6) is 1.50. The van der Waals surface area contributed by atoms with Crippen molar-refractivity contribution in [2.45, 2.75) is 32.2 Å². The SMILES string of the molecule is CC(C)c1nn2c(c1Br)NCCC2c1nccs1. The molecule has 96 valence electrons. The maximum Gasteiger partial charge on any atom is 0.139 e. The van der Waals surface area contributed by atoms with Crippen LogP contribution in [0.1, 0.15) is 42.9 Å². The second-order valence-corrected chi connectivity index (χ2v) is 6.47. The van der Waals surface area contributed by atoms with E-state index in [0.717, 1.165) is 34.0 Å². The highest BCUT2D eigenvalue weighted by atomic mass is 79.9. The van der Waals surface area contributed by atoms with Crippen molar-refractivity contribution in [3.63, 3.8) is 0 Å². The maximum absolute atomic E-state index is 4.76. The van der Waals surface area contributed by atoms with Crippen molar-refractivity contribution in [2.75, 3.05) is 11.9 Å². The molecule has 6 heteroatoms. The number of nitrogens with zero attached hydrogens (tertiary/aromatic N) is 3. The van der Waals surface area contributed by atoms with Gasteiger partial charge in [-0.15, -0.1) is 11.3 Å². The van der Waals surface area contributed by atoms with Crippen LogP contribution in [0.4, 0.5) is 5.82 Å². The van der Waals surface area contributed by atoms with Gasteiger partial charge in [-0.1, -0.05) is 13.8 Å². The maximum atomic E-state index is 4.76. The molecule has 0 spiro atoms. The van der Waals surface area contributed by atoms with Crippen molar-refractivity contribution in [1.29, 1.82) is 0 Å². The monoisotopic (exact) mass is 326 g/mol. The summed E-state index contributed by atoms with van der Waals surface area (Å²) in [5.41, 5.74) is 1.11. The molecule has 0 aromatic carbocycles. The summed E-state index contributed by atoms with van der Waals surface area (Å²) in [6.07, 6.45) is 2.90. The van der Waals surface area contributed by atoms with Crippen LogP contribution in [-0.2, 0) is 0 Å². The van der Waals surface area contributed by atoms with Crippen LogP contribution in [0.3, 0.4) is 0 Å². The molecule has 2 aromatic heterocycles. The van der Waals surface area contributed by atoms with Gasteiger partial charge in [-0.25, -0.2) is 9.67 Å². The zero-order chi connectivity index (χ0) is 12.7. The number of halogens is 1. The summed E-state index contributed by atoms with van der Waals surface area (Å²) in [4.78, 5) is 4.44. The van der Waals surface area contributed by atoms with E-state index < -0.39 is 0 Å². The van der Waals surface area contributed by atoms with E-state index >= 15 is 0 Å². The van der Waals surface area contributed by atoms with Crippen LogP contribution in [0.15, 0.2) is 16.0 Å². The summed E-state index contributed by atoms with van der Waals surface area (Å²) in [5, 5.41) is 11.4. The summed E-state index contributed by atoms with van der Waals surface area (Å²) < 4.78 is 3.18. The molecule has 0 aliphatic carbocycles. The molecule has 0 radical (unpaired) electrons. The molecule has 1 aliphatic rings. The van der Waals surface area contributed by atoms with Gasteiger partial charge in [-0.3, -0.25) is 0 Å². The molecule has 18 heavy (non-hydrogen) atoms. The Balaban J connectivity index is 2.08. The van der Waals surface area contributed by atoms with Gasteiger partial charge in [-0.05, 0) is 28.3 Å². The Kier molecular flexibility index (Phi) is 3.15. The van der Waals surface area contributed by atoms with Crippen molar-refractivity contribution in [2.24, 2.45) is 0 Å². The molecule has 4 nitrogen and oxygen atoms in total. The van der Waals surface area contributed by atoms with Crippen LogP contribution in [0.25, 0.3) is 0 Å². The second kappa shape index (κ2) is 4.66. The third-order valence-corrected chi connectivity index (χ3v) is 4.82. The summed E-state index contributed by atoms with van der Waals surface area (Å²) in [7, 11) is 0. The molecule has 0 saturated carbocycles. The number of thiazole rings is 1. The lowest BCUT2D eigenvalue weighted by Gasteiger charge is -2.24. The standard InChI is InChI=1S/C12H15BrN4S/c1-7(2)10-9(13)11-14-4-3-8(17(11)16-10)12-15-5-6-18-12/h5-8,14H,3-4H2,1-2H3. The van der Waals surface area contributed by atoms with Crippen molar-refractivity contribution in [1.82, 2.24) is 14.8 Å². The minimum atomic E-state index is 0.269. The molecule has 1 aliphatic heterocycles. The van der Waals surface area contributed by atoms with Gasteiger partial charge in [0.2, 0.25) is 0 Å². The van der Waals surface area contributed by atoms with Crippen molar-refractivity contribution < 1.29 is 0 Å². The highest BCUT2D eigenvalue weighted by Crippen LogP contribution is 2.38. The zero-order valence-corrected chi connectivity index (χ0v) is 12.8. The number of hydrogen-bond donors (Lipinski definition) is 1. The summed E-state index contributed by atoms with van der Waals surface area (Å²) in [6.45, 7) is 5.29. The van der Waals surface area contributed by atoms with Gasteiger partial charge in [0, 0.05) is 18.1 Å². The van der Waals surface area contributed by atoms with E-state index in [-0.39, 0.29) is 6.04 Å². The van der Waals surface area contributed by atoms with Crippen LogP contribution in [0.2, 0.25) is 0 Å². The number of rotatable bonds is 2. The van der Waals surface area contributed by atoms with Crippen LogP contribution < -0.4 is 5.32 Å². The highest BCUT2D eigenvalue weighted by molar-refractivity contribution is 9.10. The average Bonchev–Trinajstić information content (AvgIpc) is 2.97. The Labute approximate surface area is 119 Å². The molecule has 0 fully saturated rings. The first-order valence-corrected chi connectivity index (χ1v) is 7.77. The first-order valence-electron chi connectivity index (χ1n) is 6.09. The fraction of sp³-hybridized carbons (Fsp3) is 0.500. The predicted molar refractivity (Wildman–Crippen MR) is 77.4 cm³/mol. The first kappa shape index (κ1) is 12.2. The first-order chi connectivity index (χ1) is 8.68. The molecule has 1 N–H and O–H groups in total. The van der Waals surface area contributed by atoms with Gasteiger partial charge in [-0.2, -0.15) is 5.10 Å². The minimum absolute atomic E-state index is 0.269. The van der Waals surface area contributed by atoms with E-state index in [0.29, 0.717) is 5.92 Å². The smallest absolute Gasteiger partial charge is 0.139 e. The molecule has 3 heterocycles. The zero-order valence-electron chi connectivity index (χ0n) is 10.4. The number of aromatic nitrogens is 3. The molecular weight excluding hydrogens is 312 g/mol. The Bertz CT molecular complexity index is 547. The molecule has 1 unspecified atom stereocenters. The highest BCUT2D eigenvalue weighted by Gasteiger charge is 2.28. The quantitative estimate of drug-likeness (QED) is 0.916. The third-order valence-electron chi connectivity index (χ3n) is 3.17. The molecule has 0 saturated heterocycles. The second-order valence-electron chi connectivity index (χ2n) is 4.75. The largest absolute Gasteiger partial charge is 0.369 e. The van der Waals surface area contributed by atoms with Crippen LogP contribution in [0.5, 0.6) is 0 Å². The van der Waals surface area contributed by atoms with Gasteiger partial charge in [0.05, 0.1) is 10.2 Å². The van der Waals surface area contributed by atoms with Crippen molar-refractivity contribution in [3.05, 3.63) is 26.8 Å². The lowest BCUT2D eigenvalue weighted by Crippen LogP contribution is -2.24. The van der Waals surface area contributed by atoms with Gasteiger partial charge in [0.15, 0.2) is 0 Å². The van der Waals surface area contributed by atoms with Gasteiger partial charge in [0.1, 0.15) is 16.9 Å². The molecule has 0 bridgehead atoms. The third kappa shape index (κ3) is 1.87. The topological polar surface area (TPSA) is 42.7 Å². The number of fused-ring (bicyclic) bond motifs is 1. The Hall–Kier alpha value is -0.880. The van der Waals surface area contributed by atoms with E-state index in [4.69, 9.17) is 5.10 Å². The van der Waals surface area contributed by atoms with Crippen LogP contribution in [-0.4, -0.2) is 21.3 Å². The van der Waals surface area contributed by atoms with Gasteiger partial charge in [0.25, 0.3) is 0 Å². The summed E-state index contributed by atoms with van der Waals surface area (Å²) in [6, 6.07) is 0.269. The lowest BCUT2D eigenvalue weighted by atomic mass is 10.1. The Morgan fingerprint density at radius 1 is 1.56 bits per heavy atom. The van der Waals surface area contributed by atoms with E-state index in [9.17, 15) is 0 Å². The Morgan fingerprint density at radius 3 is 3.06 bits per heavy atom. The lowest BCUT2D eigenvalue weighted by molar-refractivity contribution is 0.474.